The van der Waals surface area contributed by atoms with Crippen LogP contribution < -0.4 is 5.32 Å². The van der Waals surface area contributed by atoms with Crippen LogP contribution in [0.2, 0.25) is 5.02 Å². The summed E-state index contributed by atoms with van der Waals surface area (Å²) < 4.78 is 14.6. The summed E-state index contributed by atoms with van der Waals surface area (Å²) in [5, 5.41) is 3.44. The normalized spacial score (nSPS) is 12.4. The Bertz CT molecular complexity index is 574. The van der Waals surface area contributed by atoms with Crippen molar-refractivity contribution >= 4 is 34.2 Å². The minimum atomic E-state index is -0.364. The molecule has 1 unspecified atom stereocenters. The summed E-state index contributed by atoms with van der Waals surface area (Å²) in [5.74, 6) is -0.364. The Morgan fingerprint density at radius 3 is 2.68 bits per heavy atom. The van der Waals surface area contributed by atoms with Crippen LogP contribution >= 0.6 is 34.2 Å². The Kier molecular flexibility index (Phi) is 5.19. The van der Waals surface area contributed by atoms with E-state index in [1.807, 2.05) is 19.2 Å². The number of nitrogens with one attached hydrogen (secondary N) is 1. The molecule has 1 atom stereocenters. The van der Waals surface area contributed by atoms with E-state index < -0.39 is 0 Å². The van der Waals surface area contributed by atoms with Gasteiger partial charge in [-0.15, -0.1) is 0 Å². The molecule has 0 bridgehead atoms. The Hall–Kier alpha value is -0.650. The minimum absolute atomic E-state index is 0.162. The molecule has 2 aromatic carbocycles. The lowest BCUT2D eigenvalue weighted by atomic mass is 9.99. The highest BCUT2D eigenvalue weighted by atomic mass is 127. The molecule has 0 fully saturated rings. The van der Waals surface area contributed by atoms with E-state index in [1.165, 1.54) is 15.2 Å². The van der Waals surface area contributed by atoms with Crippen molar-refractivity contribution in [3.63, 3.8) is 0 Å². The molecule has 0 saturated heterocycles. The predicted octanol–water partition coefficient (Wildman–Crippen LogP) is 4.59. The highest BCUT2D eigenvalue weighted by Gasteiger charge is 2.11. The topological polar surface area (TPSA) is 12.0 Å². The predicted molar refractivity (Wildman–Crippen MR) is 86.1 cm³/mol. The van der Waals surface area contributed by atoms with E-state index in [9.17, 15) is 4.39 Å². The van der Waals surface area contributed by atoms with Gasteiger partial charge < -0.3 is 5.32 Å². The van der Waals surface area contributed by atoms with Gasteiger partial charge in [0.15, 0.2) is 0 Å². The van der Waals surface area contributed by atoms with Gasteiger partial charge in [0.1, 0.15) is 5.82 Å². The molecular formula is C15H14ClFIN. The van der Waals surface area contributed by atoms with E-state index in [-0.39, 0.29) is 16.9 Å². The SMILES string of the molecule is CNC(Cc1ccc(Cl)c(F)c1)c1cccc(I)c1. The second-order valence-corrected chi connectivity index (χ2v) is 6.00. The molecule has 1 N–H and O–H groups in total. The van der Waals surface area contributed by atoms with Crippen molar-refractivity contribution in [3.8, 4) is 0 Å². The van der Waals surface area contributed by atoms with E-state index in [0.29, 0.717) is 0 Å². The van der Waals surface area contributed by atoms with Crippen molar-refractivity contribution in [1.29, 1.82) is 0 Å². The summed E-state index contributed by atoms with van der Waals surface area (Å²) >= 11 is 7.99. The van der Waals surface area contributed by atoms with Crippen LogP contribution in [0.15, 0.2) is 42.5 Å². The lowest BCUT2D eigenvalue weighted by molar-refractivity contribution is 0.584. The van der Waals surface area contributed by atoms with E-state index in [1.54, 1.807) is 6.07 Å². The van der Waals surface area contributed by atoms with Crippen LogP contribution in [0.1, 0.15) is 17.2 Å². The highest BCUT2D eigenvalue weighted by Crippen LogP contribution is 2.22. The largest absolute Gasteiger partial charge is 0.313 e. The third kappa shape index (κ3) is 3.91. The fourth-order valence-electron chi connectivity index (χ4n) is 2.01. The van der Waals surface area contributed by atoms with Crippen LogP contribution in [-0.2, 0) is 6.42 Å². The summed E-state index contributed by atoms with van der Waals surface area (Å²) in [4.78, 5) is 0. The van der Waals surface area contributed by atoms with Gasteiger partial charge in [-0.1, -0.05) is 29.8 Å². The molecule has 100 valence electrons. The first-order valence-electron chi connectivity index (χ1n) is 5.97. The number of benzene rings is 2. The van der Waals surface area contributed by atoms with Gasteiger partial charge in [-0.25, -0.2) is 4.39 Å². The van der Waals surface area contributed by atoms with Gasteiger partial charge in [0, 0.05) is 9.61 Å². The van der Waals surface area contributed by atoms with Crippen LogP contribution in [0.5, 0.6) is 0 Å². The fraction of sp³-hybridized carbons (Fsp3) is 0.200. The lowest BCUT2D eigenvalue weighted by Crippen LogP contribution is -2.19. The maximum atomic E-state index is 13.4. The van der Waals surface area contributed by atoms with Crippen molar-refractivity contribution < 1.29 is 4.39 Å². The van der Waals surface area contributed by atoms with Gasteiger partial charge in [-0.05, 0) is 71.5 Å². The number of hydrogen-bond acceptors (Lipinski definition) is 1. The first kappa shape index (κ1) is 14.8. The molecule has 4 heteroatoms. The van der Waals surface area contributed by atoms with Crippen molar-refractivity contribution in [2.24, 2.45) is 0 Å². The minimum Gasteiger partial charge on any atom is -0.313 e. The third-order valence-corrected chi connectivity index (χ3v) is 4.00. The molecule has 0 aliphatic rings. The second kappa shape index (κ2) is 6.68. The number of likely N-dealkylation sites (N-methyl/N-ethyl adjacent to an activating group) is 1. The molecule has 2 aromatic rings. The number of hydrogen-bond donors (Lipinski definition) is 1. The van der Waals surface area contributed by atoms with Gasteiger partial charge in [-0.2, -0.15) is 0 Å². The molecule has 0 heterocycles. The van der Waals surface area contributed by atoms with E-state index in [0.717, 1.165) is 12.0 Å². The molecule has 0 radical (unpaired) electrons. The molecule has 0 aromatic heterocycles. The maximum Gasteiger partial charge on any atom is 0.142 e. The average Bonchev–Trinajstić information content (AvgIpc) is 2.40. The molecule has 0 amide bonds. The maximum absolute atomic E-state index is 13.4. The second-order valence-electron chi connectivity index (χ2n) is 4.35. The molecule has 2 rings (SSSR count). The summed E-state index contributed by atoms with van der Waals surface area (Å²) in [6, 6.07) is 13.4. The van der Waals surface area contributed by atoms with Crippen molar-refractivity contribution in [2.75, 3.05) is 7.05 Å². The van der Waals surface area contributed by atoms with Gasteiger partial charge >= 0.3 is 0 Å². The Labute approximate surface area is 131 Å². The molecule has 0 spiro atoms. The fourth-order valence-corrected chi connectivity index (χ4v) is 2.70. The number of rotatable bonds is 4. The summed E-state index contributed by atoms with van der Waals surface area (Å²) in [5.41, 5.74) is 2.13. The summed E-state index contributed by atoms with van der Waals surface area (Å²) in [6.45, 7) is 0. The van der Waals surface area contributed by atoms with Crippen LogP contribution in [0.25, 0.3) is 0 Å². The molecule has 0 aliphatic carbocycles. The van der Waals surface area contributed by atoms with Crippen molar-refractivity contribution in [3.05, 3.63) is 68.0 Å². The van der Waals surface area contributed by atoms with Crippen LogP contribution in [0.4, 0.5) is 4.39 Å². The van der Waals surface area contributed by atoms with Crippen LogP contribution in [-0.4, -0.2) is 7.05 Å². The van der Waals surface area contributed by atoms with E-state index in [2.05, 4.69) is 46.1 Å². The summed E-state index contributed by atoms with van der Waals surface area (Å²) in [7, 11) is 1.91. The van der Waals surface area contributed by atoms with Crippen molar-refractivity contribution in [1.82, 2.24) is 5.32 Å². The zero-order chi connectivity index (χ0) is 13.8. The van der Waals surface area contributed by atoms with Gasteiger partial charge in [0.05, 0.1) is 5.02 Å². The van der Waals surface area contributed by atoms with Crippen LogP contribution in [0, 0.1) is 9.39 Å². The molecule has 0 saturated carbocycles. The van der Waals surface area contributed by atoms with E-state index >= 15 is 0 Å². The highest BCUT2D eigenvalue weighted by molar-refractivity contribution is 14.1. The average molecular weight is 390 g/mol. The monoisotopic (exact) mass is 389 g/mol. The Balaban J connectivity index is 2.21. The van der Waals surface area contributed by atoms with Crippen molar-refractivity contribution in [2.45, 2.75) is 12.5 Å². The van der Waals surface area contributed by atoms with Crippen LogP contribution in [0.3, 0.4) is 0 Å². The molecular weight excluding hydrogens is 376 g/mol. The van der Waals surface area contributed by atoms with Gasteiger partial charge in [0.25, 0.3) is 0 Å². The Morgan fingerprint density at radius 2 is 2.05 bits per heavy atom. The summed E-state index contributed by atoms with van der Waals surface area (Å²) in [6.07, 6.45) is 0.727. The first-order chi connectivity index (χ1) is 9.10. The molecule has 19 heavy (non-hydrogen) atoms. The molecule has 1 nitrogen and oxygen atoms in total. The zero-order valence-electron chi connectivity index (χ0n) is 10.5. The van der Waals surface area contributed by atoms with Gasteiger partial charge in [-0.3, -0.25) is 0 Å². The van der Waals surface area contributed by atoms with E-state index in [4.69, 9.17) is 11.6 Å². The molecule has 0 aliphatic heterocycles. The van der Waals surface area contributed by atoms with Gasteiger partial charge in [0.2, 0.25) is 0 Å². The Morgan fingerprint density at radius 1 is 1.26 bits per heavy atom. The smallest absolute Gasteiger partial charge is 0.142 e. The first-order valence-corrected chi connectivity index (χ1v) is 7.42. The lowest BCUT2D eigenvalue weighted by Gasteiger charge is -2.17. The number of halogens is 3. The standard InChI is InChI=1S/C15H14ClFIN/c1-19-15(11-3-2-4-12(18)9-11)8-10-5-6-13(16)14(17)7-10/h2-7,9,15,19H,8H2,1H3. The quantitative estimate of drug-likeness (QED) is 0.754. The zero-order valence-corrected chi connectivity index (χ0v) is 13.4. The third-order valence-electron chi connectivity index (χ3n) is 3.02.